The molecule has 0 radical (unpaired) electrons. The van der Waals surface area contributed by atoms with Gasteiger partial charge in [-0.25, -0.2) is 0 Å². The van der Waals surface area contributed by atoms with Crippen LogP contribution < -0.4 is 10.6 Å². The van der Waals surface area contributed by atoms with Gasteiger partial charge in [-0.1, -0.05) is 37.8 Å². The lowest BCUT2D eigenvalue weighted by Gasteiger charge is -2.28. The summed E-state index contributed by atoms with van der Waals surface area (Å²) in [5, 5.41) is 24.3. The average Bonchev–Trinajstić information content (AvgIpc) is 2.76. The van der Waals surface area contributed by atoms with E-state index in [0.29, 0.717) is 31.5 Å². The van der Waals surface area contributed by atoms with E-state index < -0.39 is 18.6 Å². The predicted molar refractivity (Wildman–Crippen MR) is 114 cm³/mol. The SMILES string of the molecule is O=C(CO)CCCCCNC(=O)c1cccc(CN[C@H](C(=O)O)C2CCCCC2)c1. The number of hydrogen-bond donors (Lipinski definition) is 4. The molecule has 0 bridgehead atoms. The Balaban J connectivity index is 1.78. The molecule has 166 valence electrons. The topological polar surface area (TPSA) is 116 Å². The fourth-order valence-corrected chi connectivity index (χ4v) is 3.98. The number of hydrogen-bond acceptors (Lipinski definition) is 5. The van der Waals surface area contributed by atoms with Crippen molar-refractivity contribution in [2.45, 2.75) is 70.4 Å². The van der Waals surface area contributed by atoms with E-state index in [1.807, 2.05) is 12.1 Å². The average molecular weight is 419 g/mol. The van der Waals surface area contributed by atoms with Crippen molar-refractivity contribution < 1.29 is 24.6 Å². The summed E-state index contributed by atoms with van der Waals surface area (Å²) in [6.45, 7) is 0.528. The summed E-state index contributed by atoms with van der Waals surface area (Å²) in [5.74, 6) is -0.963. The van der Waals surface area contributed by atoms with Crippen molar-refractivity contribution in [1.82, 2.24) is 10.6 Å². The molecule has 30 heavy (non-hydrogen) atoms. The zero-order valence-electron chi connectivity index (χ0n) is 17.6. The van der Waals surface area contributed by atoms with Gasteiger partial charge in [0, 0.05) is 25.1 Å². The van der Waals surface area contributed by atoms with Gasteiger partial charge in [-0.05, 0) is 49.3 Å². The molecular formula is C23H34N2O5. The van der Waals surface area contributed by atoms with Gasteiger partial charge < -0.3 is 20.8 Å². The van der Waals surface area contributed by atoms with Crippen LogP contribution in [0.5, 0.6) is 0 Å². The van der Waals surface area contributed by atoms with Crippen molar-refractivity contribution in [1.29, 1.82) is 0 Å². The number of carbonyl (C=O) groups excluding carboxylic acids is 2. The number of carbonyl (C=O) groups is 3. The minimum Gasteiger partial charge on any atom is -0.480 e. The van der Waals surface area contributed by atoms with Crippen LogP contribution in [0.4, 0.5) is 0 Å². The Morgan fingerprint density at radius 1 is 1.07 bits per heavy atom. The number of carboxylic acids is 1. The normalized spacial score (nSPS) is 15.5. The van der Waals surface area contributed by atoms with Crippen LogP contribution in [0.1, 0.15) is 73.7 Å². The van der Waals surface area contributed by atoms with E-state index in [9.17, 15) is 19.5 Å². The highest BCUT2D eigenvalue weighted by atomic mass is 16.4. The van der Waals surface area contributed by atoms with Crippen molar-refractivity contribution >= 4 is 17.7 Å². The smallest absolute Gasteiger partial charge is 0.320 e. The van der Waals surface area contributed by atoms with Gasteiger partial charge >= 0.3 is 5.97 Å². The Hall–Kier alpha value is -2.25. The van der Waals surface area contributed by atoms with E-state index in [4.69, 9.17) is 5.11 Å². The van der Waals surface area contributed by atoms with Gasteiger partial charge in [0.1, 0.15) is 12.6 Å². The van der Waals surface area contributed by atoms with Crippen LogP contribution in [0.15, 0.2) is 24.3 Å². The number of Topliss-reactive ketones (excluding diaryl/α,β-unsaturated/α-hetero) is 1. The first kappa shape index (κ1) is 24.0. The minimum absolute atomic E-state index is 0.155. The maximum Gasteiger partial charge on any atom is 0.320 e. The molecule has 1 aromatic rings. The highest BCUT2D eigenvalue weighted by molar-refractivity contribution is 5.94. The van der Waals surface area contributed by atoms with Crippen LogP contribution in [0.3, 0.4) is 0 Å². The number of rotatable bonds is 13. The standard InChI is InChI=1S/C23H34N2O5/c26-16-20(27)12-5-2-6-13-24-22(28)19-11-7-8-17(14-19)15-25-21(23(29)30)18-9-3-1-4-10-18/h7-8,11,14,18,21,25-26H,1-6,9-10,12-13,15-16H2,(H,24,28)(H,29,30)/t21-/m0/s1. The van der Waals surface area contributed by atoms with Gasteiger partial charge in [0.2, 0.25) is 0 Å². The van der Waals surface area contributed by atoms with Crippen molar-refractivity contribution in [3.8, 4) is 0 Å². The molecule has 2 rings (SSSR count). The molecule has 0 heterocycles. The van der Waals surface area contributed by atoms with Gasteiger partial charge in [-0.15, -0.1) is 0 Å². The van der Waals surface area contributed by atoms with Gasteiger partial charge in [-0.2, -0.15) is 0 Å². The van der Waals surface area contributed by atoms with Crippen molar-refractivity contribution in [3.63, 3.8) is 0 Å². The fraction of sp³-hybridized carbons (Fsp3) is 0.609. The summed E-state index contributed by atoms with van der Waals surface area (Å²) < 4.78 is 0. The van der Waals surface area contributed by atoms with Crippen molar-refractivity contribution in [3.05, 3.63) is 35.4 Å². The molecule has 1 aromatic carbocycles. The molecule has 1 aliphatic rings. The number of nitrogens with one attached hydrogen (secondary N) is 2. The van der Waals surface area contributed by atoms with Crippen molar-refractivity contribution in [2.75, 3.05) is 13.2 Å². The molecule has 1 atom stereocenters. The number of carboxylic acid groups (broad SMARTS) is 1. The Labute approximate surface area is 178 Å². The summed E-state index contributed by atoms with van der Waals surface area (Å²) in [4.78, 5) is 35.1. The minimum atomic E-state index is -0.809. The molecule has 0 aromatic heterocycles. The molecule has 0 unspecified atom stereocenters. The van der Waals surface area contributed by atoms with Crippen molar-refractivity contribution in [2.24, 2.45) is 5.92 Å². The third-order valence-electron chi connectivity index (χ3n) is 5.70. The lowest BCUT2D eigenvalue weighted by Crippen LogP contribution is -2.43. The molecule has 7 heteroatoms. The second-order valence-corrected chi connectivity index (χ2v) is 8.06. The van der Waals surface area contributed by atoms with Gasteiger partial charge in [0.25, 0.3) is 5.91 Å². The van der Waals surface area contributed by atoms with E-state index in [0.717, 1.165) is 44.1 Å². The predicted octanol–water partition coefficient (Wildman–Crippen LogP) is 2.66. The van der Waals surface area contributed by atoms with E-state index in [1.54, 1.807) is 12.1 Å². The first-order valence-corrected chi connectivity index (χ1v) is 11.0. The number of unbranched alkanes of at least 4 members (excludes halogenated alkanes) is 2. The Morgan fingerprint density at radius 3 is 2.53 bits per heavy atom. The van der Waals surface area contributed by atoms with E-state index in [1.165, 1.54) is 6.42 Å². The van der Waals surface area contributed by atoms with Crippen LogP contribution in [0, 0.1) is 5.92 Å². The Morgan fingerprint density at radius 2 is 1.83 bits per heavy atom. The van der Waals surface area contributed by atoms with Crippen LogP contribution in [-0.4, -0.2) is 47.1 Å². The lowest BCUT2D eigenvalue weighted by atomic mass is 9.84. The largest absolute Gasteiger partial charge is 0.480 e. The molecule has 0 aliphatic heterocycles. The first-order chi connectivity index (χ1) is 14.5. The second kappa shape index (κ2) is 13.1. The third-order valence-corrected chi connectivity index (χ3v) is 5.70. The van der Waals surface area contributed by atoms with Crippen LogP contribution in [-0.2, 0) is 16.1 Å². The number of ketones is 1. The highest BCUT2D eigenvalue weighted by Crippen LogP contribution is 2.26. The summed E-state index contributed by atoms with van der Waals surface area (Å²) >= 11 is 0. The molecule has 0 saturated heterocycles. The molecule has 1 aliphatic carbocycles. The number of amides is 1. The van der Waals surface area contributed by atoms with Gasteiger partial charge in [-0.3, -0.25) is 14.4 Å². The molecule has 4 N–H and O–H groups in total. The molecule has 1 amide bonds. The lowest BCUT2D eigenvalue weighted by molar-refractivity contribution is -0.141. The van der Waals surface area contributed by atoms with Gasteiger partial charge in [0.05, 0.1) is 0 Å². The zero-order chi connectivity index (χ0) is 21.8. The molecule has 0 spiro atoms. The van der Waals surface area contributed by atoms with Crippen LogP contribution >= 0.6 is 0 Å². The quantitative estimate of drug-likeness (QED) is 0.366. The highest BCUT2D eigenvalue weighted by Gasteiger charge is 2.28. The third kappa shape index (κ3) is 8.24. The summed E-state index contributed by atoms with van der Waals surface area (Å²) in [6.07, 6.45) is 7.91. The van der Waals surface area contributed by atoms with Crippen LogP contribution in [0.2, 0.25) is 0 Å². The Bertz CT molecular complexity index is 701. The first-order valence-electron chi connectivity index (χ1n) is 11.0. The Kier molecular flexibility index (Phi) is 10.5. The maximum absolute atomic E-state index is 12.4. The van der Waals surface area contributed by atoms with Crippen LogP contribution in [0.25, 0.3) is 0 Å². The fourth-order valence-electron chi connectivity index (χ4n) is 3.98. The second-order valence-electron chi connectivity index (χ2n) is 8.06. The summed E-state index contributed by atoms with van der Waals surface area (Å²) in [7, 11) is 0. The summed E-state index contributed by atoms with van der Waals surface area (Å²) in [6, 6.07) is 6.68. The van der Waals surface area contributed by atoms with Gasteiger partial charge in [0.15, 0.2) is 5.78 Å². The molecule has 1 fully saturated rings. The number of aliphatic hydroxyl groups excluding tert-OH is 1. The zero-order valence-corrected chi connectivity index (χ0v) is 17.6. The molecule has 7 nitrogen and oxygen atoms in total. The number of aliphatic hydroxyl groups is 1. The maximum atomic E-state index is 12.4. The monoisotopic (exact) mass is 418 g/mol. The summed E-state index contributed by atoms with van der Waals surface area (Å²) in [5.41, 5.74) is 1.43. The van der Waals surface area contributed by atoms with E-state index in [2.05, 4.69) is 10.6 Å². The number of benzene rings is 1. The van der Waals surface area contributed by atoms with E-state index >= 15 is 0 Å². The number of aliphatic carboxylic acids is 1. The molecule has 1 saturated carbocycles. The molecular weight excluding hydrogens is 384 g/mol. The van der Waals surface area contributed by atoms with E-state index in [-0.39, 0.29) is 17.6 Å².